The van der Waals surface area contributed by atoms with Crippen molar-refractivity contribution < 1.29 is 19.2 Å². The van der Waals surface area contributed by atoms with E-state index < -0.39 is 23.0 Å². The number of nitro benzene ring substituents is 1. The first kappa shape index (κ1) is 18.1. The van der Waals surface area contributed by atoms with Gasteiger partial charge < -0.3 is 10.1 Å². The maximum absolute atomic E-state index is 11.9. The van der Waals surface area contributed by atoms with Crippen molar-refractivity contribution in [2.75, 3.05) is 6.61 Å². The van der Waals surface area contributed by atoms with E-state index in [1.165, 1.54) is 12.1 Å². The smallest absolute Gasteiger partial charge is 0.270 e. The van der Waals surface area contributed by atoms with E-state index in [0.29, 0.717) is 6.29 Å². The van der Waals surface area contributed by atoms with Crippen LogP contribution in [0, 0.1) is 27.4 Å². The van der Waals surface area contributed by atoms with Crippen LogP contribution in [-0.4, -0.2) is 29.3 Å². The molecule has 1 unspecified atom stereocenters. The Bertz CT molecular complexity index is 666. The normalized spacial score (nSPS) is 12.8. The van der Waals surface area contributed by atoms with Gasteiger partial charge in [0, 0.05) is 12.1 Å². The van der Waals surface area contributed by atoms with Crippen LogP contribution in [-0.2, 0) is 4.79 Å². The van der Waals surface area contributed by atoms with Crippen LogP contribution in [0.4, 0.5) is 5.69 Å². The molecular formula is C15H17N3O5. The lowest BCUT2D eigenvalue weighted by molar-refractivity contribution is -0.384. The van der Waals surface area contributed by atoms with Crippen molar-refractivity contribution in [3.63, 3.8) is 0 Å². The highest BCUT2D eigenvalue weighted by atomic mass is 16.6. The monoisotopic (exact) mass is 319 g/mol. The molecule has 1 atom stereocenters. The number of rotatable bonds is 7. The van der Waals surface area contributed by atoms with Gasteiger partial charge in [0.25, 0.3) is 11.6 Å². The molecule has 1 aromatic rings. The van der Waals surface area contributed by atoms with E-state index in [0.717, 1.165) is 6.07 Å². The Labute approximate surface area is 133 Å². The average molecular weight is 319 g/mol. The Morgan fingerprint density at radius 3 is 2.70 bits per heavy atom. The van der Waals surface area contributed by atoms with Gasteiger partial charge in [-0.05, 0) is 18.9 Å². The molecule has 0 radical (unpaired) electrons. The van der Waals surface area contributed by atoms with Crippen molar-refractivity contribution >= 4 is 17.9 Å². The number of nitriles is 1. The first-order chi connectivity index (χ1) is 10.7. The number of carbonyl (C=O) groups excluding carboxylic acids is 2. The lowest BCUT2D eigenvalue weighted by Crippen LogP contribution is -2.50. The van der Waals surface area contributed by atoms with Crippen LogP contribution in [0.5, 0.6) is 5.75 Å². The lowest BCUT2D eigenvalue weighted by Gasteiger charge is -2.27. The third kappa shape index (κ3) is 4.51. The zero-order chi connectivity index (χ0) is 17.6. The number of ether oxygens (including phenoxy) is 1. The summed E-state index contributed by atoms with van der Waals surface area (Å²) in [6.07, 6.45) is 0.410. The van der Waals surface area contributed by atoms with Crippen molar-refractivity contribution in [1.29, 1.82) is 5.26 Å². The van der Waals surface area contributed by atoms with Crippen molar-refractivity contribution in [2.24, 2.45) is 5.92 Å². The number of benzene rings is 1. The van der Waals surface area contributed by atoms with Gasteiger partial charge in [-0.25, -0.2) is 0 Å². The predicted octanol–water partition coefficient (Wildman–Crippen LogP) is 1.84. The highest BCUT2D eigenvalue weighted by Gasteiger charge is 2.30. The van der Waals surface area contributed by atoms with Crippen LogP contribution in [0.15, 0.2) is 18.2 Å². The van der Waals surface area contributed by atoms with Crippen LogP contribution < -0.4 is 10.1 Å². The van der Waals surface area contributed by atoms with Gasteiger partial charge in [0.15, 0.2) is 12.9 Å². The van der Waals surface area contributed by atoms with Gasteiger partial charge in [0.1, 0.15) is 11.3 Å². The zero-order valence-electron chi connectivity index (χ0n) is 13.0. The van der Waals surface area contributed by atoms with E-state index in [4.69, 9.17) is 10.00 Å². The molecular weight excluding hydrogens is 302 g/mol. The minimum atomic E-state index is -1.04. The van der Waals surface area contributed by atoms with Crippen LogP contribution in [0.3, 0.4) is 0 Å². The number of hydrogen-bond acceptors (Lipinski definition) is 6. The van der Waals surface area contributed by atoms with E-state index in [1.54, 1.807) is 20.8 Å². The van der Waals surface area contributed by atoms with Gasteiger partial charge in [0.2, 0.25) is 0 Å². The maximum atomic E-state index is 11.9. The minimum Gasteiger partial charge on any atom is -0.483 e. The summed E-state index contributed by atoms with van der Waals surface area (Å²) in [4.78, 5) is 32.9. The summed E-state index contributed by atoms with van der Waals surface area (Å²) in [5.74, 6) is -0.580. The number of nitrogens with one attached hydrogen (secondary N) is 1. The number of amides is 1. The summed E-state index contributed by atoms with van der Waals surface area (Å²) in [5, 5.41) is 22.4. The number of carbonyl (C=O) groups is 2. The van der Waals surface area contributed by atoms with Gasteiger partial charge in [-0.2, -0.15) is 5.26 Å². The third-order valence-electron chi connectivity index (χ3n) is 3.48. The first-order valence-corrected chi connectivity index (χ1v) is 6.82. The molecule has 1 amide bonds. The average Bonchev–Trinajstić information content (AvgIpc) is 2.52. The largest absolute Gasteiger partial charge is 0.483 e. The molecule has 0 saturated heterocycles. The molecule has 0 aliphatic heterocycles. The highest BCUT2D eigenvalue weighted by molar-refractivity contribution is 5.82. The fraction of sp³-hybridized carbons (Fsp3) is 0.400. The number of hydrogen-bond donors (Lipinski definition) is 1. The molecule has 0 aliphatic carbocycles. The number of non-ortho nitro benzene ring substituents is 1. The number of aldehydes is 1. The number of nitro groups is 1. The van der Waals surface area contributed by atoms with E-state index in [2.05, 4.69) is 5.32 Å². The molecule has 0 fully saturated rings. The van der Waals surface area contributed by atoms with E-state index >= 15 is 0 Å². The van der Waals surface area contributed by atoms with E-state index in [9.17, 15) is 19.7 Å². The molecule has 8 nitrogen and oxygen atoms in total. The quantitative estimate of drug-likeness (QED) is 0.465. The molecule has 23 heavy (non-hydrogen) atoms. The molecule has 0 heterocycles. The molecule has 0 aromatic heterocycles. The predicted molar refractivity (Wildman–Crippen MR) is 81.0 cm³/mol. The summed E-state index contributed by atoms with van der Waals surface area (Å²) in [5.41, 5.74) is -1.32. The Balaban J connectivity index is 2.79. The number of nitrogens with zero attached hydrogens (tertiary/aromatic N) is 2. The molecule has 0 bridgehead atoms. The van der Waals surface area contributed by atoms with Gasteiger partial charge >= 0.3 is 0 Å². The first-order valence-electron chi connectivity index (χ1n) is 6.82. The van der Waals surface area contributed by atoms with Gasteiger partial charge in [0.05, 0.1) is 16.6 Å². The molecule has 0 spiro atoms. The molecule has 1 N–H and O–H groups in total. The summed E-state index contributed by atoms with van der Waals surface area (Å²) in [6.45, 7) is 4.78. The fourth-order valence-electron chi connectivity index (χ4n) is 1.64. The summed E-state index contributed by atoms with van der Waals surface area (Å²) in [7, 11) is 0. The van der Waals surface area contributed by atoms with Crippen molar-refractivity contribution in [2.45, 2.75) is 26.3 Å². The Hall–Kier alpha value is -2.95. The summed E-state index contributed by atoms with van der Waals surface area (Å²) in [6, 6.07) is 5.52. The second kappa shape index (κ2) is 7.35. The van der Waals surface area contributed by atoms with Crippen LogP contribution in [0.25, 0.3) is 0 Å². The van der Waals surface area contributed by atoms with Crippen molar-refractivity contribution in [3.8, 4) is 11.8 Å². The van der Waals surface area contributed by atoms with Crippen LogP contribution in [0.2, 0.25) is 0 Å². The van der Waals surface area contributed by atoms with E-state index in [-0.39, 0.29) is 22.9 Å². The molecule has 0 aliphatic rings. The molecule has 1 aromatic carbocycles. The second-order valence-corrected chi connectivity index (χ2v) is 5.40. The van der Waals surface area contributed by atoms with Crippen LogP contribution in [0.1, 0.15) is 31.1 Å². The fourth-order valence-corrected chi connectivity index (χ4v) is 1.64. The van der Waals surface area contributed by atoms with Gasteiger partial charge in [-0.3, -0.25) is 19.7 Å². The summed E-state index contributed by atoms with van der Waals surface area (Å²) >= 11 is 0. The van der Waals surface area contributed by atoms with Crippen molar-refractivity contribution in [1.82, 2.24) is 5.32 Å². The zero-order valence-corrected chi connectivity index (χ0v) is 13.0. The van der Waals surface area contributed by atoms with Gasteiger partial charge in [-0.15, -0.1) is 0 Å². The third-order valence-corrected chi connectivity index (χ3v) is 3.48. The molecule has 1 rings (SSSR count). The molecule has 8 heteroatoms. The van der Waals surface area contributed by atoms with Crippen LogP contribution >= 0.6 is 0 Å². The second-order valence-electron chi connectivity index (χ2n) is 5.40. The Morgan fingerprint density at radius 2 is 2.22 bits per heavy atom. The van der Waals surface area contributed by atoms with Gasteiger partial charge in [-0.1, -0.05) is 13.8 Å². The lowest BCUT2D eigenvalue weighted by atomic mass is 9.90. The minimum absolute atomic E-state index is 0.0288. The maximum Gasteiger partial charge on any atom is 0.270 e. The van der Waals surface area contributed by atoms with E-state index in [1.807, 2.05) is 6.07 Å². The standard InChI is InChI=1S/C15H17N3O5/c1-10(2)15(3,9-16)17-14(20)8-23-13-5-4-12(18(21)22)6-11(13)7-19/h4-7,10H,8H2,1-3H3,(H,17,20). The Morgan fingerprint density at radius 1 is 1.57 bits per heavy atom. The van der Waals surface area contributed by atoms with Crippen molar-refractivity contribution in [3.05, 3.63) is 33.9 Å². The molecule has 122 valence electrons. The SMILES string of the molecule is CC(C)C(C)(C#N)NC(=O)COc1ccc([N+](=O)[O-])cc1C=O. The Kier molecular flexibility index (Phi) is 5.79. The molecule has 0 saturated carbocycles. The highest BCUT2D eigenvalue weighted by Crippen LogP contribution is 2.23. The summed E-state index contributed by atoms with van der Waals surface area (Å²) < 4.78 is 5.22. The topological polar surface area (TPSA) is 122 Å².